The summed E-state index contributed by atoms with van der Waals surface area (Å²) in [5, 5.41) is 26.0. The van der Waals surface area contributed by atoms with Crippen LogP contribution in [-0.4, -0.2) is 75.5 Å². The number of anilines is 3. The minimum absolute atomic E-state index is 0.205. The van der Waals surface area contributed by atoms with Crippen LogP contribution in [-0.2, 0) is 4.74 Å². The summed E-state index contributed by atoms with van der Waals surface area (Å²) in [4.78, 5) is 18.7. The van der Waals surface area contributed by atoms with Crippen LogP contribution in [0.3, 0.4) is 0 Å². The van der Waals surface area contributed by atoms with Gasteiger partial charge < -0.3 is 30.1 Å². The summed E-state index contributed by atoms with van der Waals surface area (Å²) in [6.45, 7) is 12.2. The molecule has 2 saturated heterocycles. The van der Waals surface area contributed by atoms with Crippen LogP contribution in [0, 0.1) is 22.7 Å². The van der Waals surface area contributed by atoms with E-state index in [9.17, 15) is 15.3 Å². The predicted octanol–water partition coefficient (Wildman–Crippen LogP) is 6.92. The van der Waals surface area contributed by atoms with Crippen LogP contribution in [0.15, 0.2) is 28.7 Å². The van der Waals surface area contributed by atoms with Gasteiger partial charge in [-0.25, -0.2) is 4.79 Å². The monoisotopic (exact) mass is 689 g/mol. The molecule has 4 unspecified atom stereocenters. The zero-order valence-corrected chi connectivity index (χ0v) is 29.7. The van der Waals surface area contributed by atoms with Crippen molar-refractivity contribution in [2.45, 2.75) is 89.3 Å². The normalized spacial score (nSPS) is 22.8. The van der Waals surface area contributed by atoms with E-state index in [1.165, 1.54) is 24.8 Å². The lowest BCUT2D eigenvalue weighted by atomic mass is 9.89. The van der Waals surface area contributed by atoms with E-state index in [0.717, 1.165) is 65.1 Å². The minimum atomic E-state index is -0.491. The number of carbonyl (C=O) groups is 1. The third kappa shape index (κ3) is 6.94. The first-order chi connectivity index (χ1) is 22.0. The van der Waals surface area contributed by atoms with Crippen molar-refractivity contribution < 1.29 is 9.53 Å². The number of nitriles is 2. The van der Waals surface area contributed by atoms with E-state index >= 15 is 0 Å². The van der Waals surface area contributed by atoms with E-state index in [0.29, 0.717) is 36.7 Å². The number of likely N-dealkylation sites (N-methyl/N-ethyl adjacent to an activating group) is 2. The van der Waals surface area contributed by atoms with Crippen molar-refractivity contribution in [3.05, 3.63) is 51.0 Å². The van der Waals surface area contributed by atoms with Crippen molar-refractivity contribution >= 4 is 39.1 Å². The Bertz CT molecular complexity index is 1520. The number of fused-ring (bicyclic) bond motifs is 6. The third-order valence-electron chi connectivity index (χ3n) is 9.77. The predicted molar refractivity (Wildman–Crippen MR) is 188 cm³/mol. The Hall–Kier alpha value is -3.47. The van der Waals surface area contributed by atoms with Gasteiger partial charge in [0.15, 0.2) is 0 Å². The molecule has 0 aliphatic carbocycles. The molecule has 2 N–H and O–H groups in total. The summed E-state index contributed by atoms with van der Waals surface area (Å²) in [6.07, 6.45) is 5.43. The highest BCUT2D eigenvalue weighted by Gasteiger charge is 2.43. The van der Waals surface area contributed by atoms with E-state index < -0.39 is 5.60 Å². The van der Waals surface area contributed by atoms with Gasteiger partial charge in [0.1, 0.15) is 17.7 Å². The lowest BCUT2D eigenvalue weighted by Crippen LogP contribution is -2.48. The first-order valence-corrected chi connectivity index (χ1v) is 17.5. The van der Waals surface area contributed by atoms with Crippen LogP contribution in [0.4, 0.5) is 21.9 Å². The molecule has 2 aromatic carbocycles. The highest BCUT2D eigenvalue weighted by atomic mass is 79.9. The highest BCUT2D eigenvalue weighted by Crippen LogP contribution is 2.47. The molecule has 1 amide bonds. The smallest absolute Gasteiger partial charge is 0.410 e. The largest absolute Gasteiger partial charge is 0.444 e. The first-order valence-electron chi connectivity index (χ1n) is 16.7. The van der Waals surface area contributed by atoms with Crippen LogP contribution < -0.4 is 20.4 Å². The lowest BCUT2D eigenvalue weighted by molar-refractivity contribution is 0.0190. The van der Waals surface area contributed by atoms with Gasteiger partial charge in [0, 0.05) is 74.4 Å². The quantitative estimate of drug-likeness (QED) is 0.326. The molecule has 9 nitrogen and oxygen atoms in total. The Balaban J connectivity index is 0.000000182. The Morgan fingerprint density at radius 1 is 1.00 bits per heavy atom. The lowest BCUT2D eigenvalue weighted by Gasteiger charge is -2.38. The van der Waals surface area contributed by atoms with Crippen LogP contribution in [0.25, 0.3) is 0 Å². The average Bonchev–Trinajstić information content (AvgIpc) is 3.48. The molecule has 46 heavy (non-hydrogen) atoms. The van der Waals surface area contributed by atoms with E-state index in [4.69, 9.17) is 4.74 Å². The topological polar surface area (TPSA) is 108 Å². The molecule has 0 aromatic heterocycles. The van der Waals surface area contributed by atoms with Gasteiger partial charge in [0.25, 0.3) is 0 Å². The van der Waals surface area contributed by atoms with Gasteiger partial charge in [0.05, 0.1) is 22.5 Å². The first kappa shape index (κ1) is 33.9. The molecule has 0 saturated carbocycles. The zero-order valence-electron chi connectivity index (χ0n) is 28.1. The summed E-state index contributed by atoms with van der Waals surface area (Å²) in [5.41, 5.74) is 6.74. The number of halogens is 1. The maximum atomic E-state index is 12.4. The van der Waals surface area contributed by atoms with Crippen LogP contribution in [0.1, 0.15) is 93.9 Å². The standard InChI is InChI=1S/C18H22BrN3O2.C18H26N4/c1-18(2,3)24-17(23)22-6-5-15-14(10-22)13-8-12(19)7-11(9-20)16(13)21(15)4;1-3-4-5-7-21-14-9-13(11-19)18-15(10-14)16-12-20-8-6-17(16)22(18)2/h7-8,14-15H,5-6,10H2,1-4H3;9-10,16-17,20-21H,3-8,12H2,1-2H3. The summed E-state index contributed by atoms with van der Waals surface area (Å²) < 4.78 is 6.42. The molecular weight excluding hydrogens is 642 g/mol. The molecule has 4 heterocycles. The van der Waals surface area contributed by atoms with Crippen molar-refractivity contribution in [2.75, 3.05) is 61.9 Å². The number of piperidine rings is 2. The number of benzene rings is 2. The van der Waals surface area contributed by atoms with E-state index in [-0.39, 0.29) is 12.0 Å². The zero-order chi connectivity index (χ0) is 33.2. The van der Waals surface area contributed by atoms with Crippen molar-refractivity contribution in [3.63, 3.8) is 0 Å². The fourth-order valence-electron chi connectivity index (χ4n) is 7.67. The fourth-order valence-corrected chi connectivity index (χ4v) is 8.14. The third-order valence-corrected chi connectivity index (χ3v) is 10.2. The van der Waals surface area contributed by atoms with Gasteiger partial charge in [-0.15, -0.1) is 0 Å². The van der Waals surface area contributed by atoms with Crippen molar-refractivity contribution in [1.82, 2.24) is 10.2 Å². The molecule has 6 rings (SSSR count). The van der Waals surface area contributed by atoms with Gasteiger partial charge in [-0.05, 0) is 82.0 Å². The van der Waals surface area contributed by atoms with Gasteiger partial charge >= 0.3 is 6.09 Å². The van der Waals surface area contributed by atoms with Gasteiger partial charge in [0.2, 0.25) is 0 Å². The number of unbranched alkanes of at least 4 members (excludes halogenated alkanes) is 2. The SMILES string of the molecule is CCCCCNc1cc(C#N)c2c(c1)C1CNCCC1N2C.CN1c2c(C#N)cc(Br)cc2C2CN(C(=O)OC(C)(C)C)CCC21. The number of likely N-dealkylation sites (tertiary alicyclic amines) is 1. The Morgan fingerprint density at radius 2 is 1.65 bits per heavy atom. The fraction of sp³-hybridized carbons (Fsp3) is 0.583. The Morgan fingerprint density at radius 3 is 2.30 bits per heavy atom. The molecule has 4 atom stereocenters. The number of hydrogen-bond acceptors (Lipinski definition) is 8. The molecule has 4 aliphatic heterocycles. The molecule has 10 heteroatoms. The second-order valence-corrected chi connectivity index (χ2v) is 14.9. The van der Waals surface area contributed by atoms with Gasteiger partial charge in [-0.2, -0.15) is 10.5 Å². The molecule has 2 aromatic rings. The maximum absolute atomic E-state index is 12.4. The number of carbonyl (C=O) groups excluding carboxylic acids is 1. The second-order valence-electron chi connectivity index (χ2n) is 14.0. The van der Waals surface area contributed by atoms with Crippen LogP contribution in [0.5, 0.6) is 0 Å². The Labute approximate surface area is 283 Å². The number of amides is 1. The molecular formula is C36H48BrN7O2. The van der Waals surface area contributed by atoms with Crippen LogP contribution >= 0.6 is 15.9 Å². The average molecular weight is 691 g/mol. The van der Waals surface area contributed by atoms with Crippen molar-refractivity contribution in [1.29, 1.82) is 10.5 Å². The molecule has 246 valence electrons. The highest BCUT2D eigenvalue weighted by molar-refractivity contribution is 9.10. The second kappa shape index (κ2) is 14.1. The summed E-state index contributed by atoms with van der Waals surface area (Å²) in [6, 6.07) is 13.8. The van der Waals surface area contributed by atoms with E-state index in [2.05, 4.69) is 74.6 Å². The van der Waals surface area contributed by atoms with E-state index in [1.807, 2.05) is 40.0 Å². The number of rotatable bonds is 5. The molecule has 2 fully saturated rings. The summed E-state index contributed by atoms with van der Waals surface area (Å²) >= 11 is 3.50. The van der Waals surface area contributed by atoms with Crippen molar-refractivity contribution in [3.8, 4) is 12.1 Å². The summed E-state index contributed by atoms with van der Waals surface area (Å²) in [7, 11) is 4.19. The number of nitrogens with zero attached hydrogens (tertiary/aromatic N) is 5. The van der Waals surface area contributed by atoms with E-state index in [1.54, 1.807) is 4.90 Å². The summed E-state index contributed by atoms with van der Waals surface area (Å²) in [5.74, 6) is 0.717. The minimum Gasteiger partial charge on any atom is -0.444 e. The molecule has 0 spiro atoms. The van der Waals surface area contributed by atoms with Gasteiger partial charge in [-0.3, -0.25) is 0 Å². The number of hydrogen-bond donors (Lipinski definition) is 2. The maximum Gasteiger partial charge on any atom is 0.410 e. The number of ether oxygens (including phenoxy) is 1. The van der Waals surface area contributed by atoms with Crippen molar-refractivity contribution in [2.24, 2.45) is 0 Å². The molecule has 0 radical (unpaired) electrons. The van der Waals surface area contributed by atoms with Crippen LogP contribution in [0.2, 0.25) is 0 Å². The number of nitrogens with one attached hydrogen (secondary N) is 2. The molecule has 4 aliphatic rings. The van der Waals surface area contributed by atoms with Gasteiger partial charge in [-0.1, -0.05) is 35.7 Å². The Kier molecular flexibility index (Phi) is 10.4. The molecule has 0 bridgehead atoms.